The zero-order chi connectivity index (χ0) is 22.7. The van der Waals surface area contributed by atoms with Gasteiger partial charge in [0, 0.05) is 49.6 Å². The number of fused-ring (bicyclic) bond motifs is 1. The number of nitrogens with zero attached hydrogens (tertiary/aromatic N) is 2. The Morgan fingerprint density at radius 2 is 1.91 bits per heavy atom. The summed E-state index contributed by atoms with van der Waals surface area (Å²) in [6.45, 7) is 1.97. The van der Waals surface area contributed by atoms with Crippen LogP contribution in [-0.4, -0.2) is 62.3 Å². The summed E-state index contributed by atoms with van der Waals surface area (Å²) in [4.78, 5) is 27.4. The van der Waals surface area contributed by atoms with Gasteiger partial charge in [-0.1, -0.05) is 0 Å². The molecule has 0 saturated carbocycles. The molecule has 0 unspecified atom stereocenters. The van der Waals surface area contributed by atoms with Gasteiger partial charge in [0.05, 0.1) is 13.2 Å². The molecule has 32 heavy (non-hydrogen) atoms. The Kier molecular flexibility index (Phi) is 6.89. The number of rotatable bonds is 6. The third kappa shape index (κ3) is 5.01. The fraction of sp³-hybridized carbons (Fsp3) is 0.429. The molecule has 1 saturated heterocycles. The lowest BCUT2D eigenvalue weighted by Crippen LogP contribution is -2.40. The van der Waals surface area contributed by atoms with Crippen molar-refractivity contribution in [3.05, 3.63) is 45.9 Å². The molecule has 0 spiro atoms. The van der Waals surface area contributed by atoms with Crippen LogP contribution in [0, 0.1) is 5.82 Å². The van der Waals surface area contributed by atoms with E-state index < -0.39 is 26.6 Å². The highest BCUT2D eigenvalue weighted by Gasteiger charge is 2.29. The number of ether oxygens (including phenoxy) is 1. The predicted molar refractivity (Wildman–Crippen MR) is 117 cm³/mol. The maximum Gasteiger partial charge on any atom is 0.246 e. The summed E-state index contributed by atoms with van der Waals surface area (Å²) in [5.74, 6) is -1.43. The fourth-order valence-corrected chi connectivity index (χ4v) is 6.16. The molecule has 1 aromatic heterocycles. The number of benzene rings is 1. The van der Waals surface area contributed by atoms with Crippen molar-refractivity contribution in [3.8, 4) is 0 Å². The quantitative estimate of drug-likeness (QED) is 0.683. The summed E-state index contributed by atoms with van der Waals surface area (Å²) in [5.41, 5.74) is 1.32. The largest absolute Gasteiger partial charge is 0.379 e. The van der Waals surface area contributed by atoms with E-state index in [1.807, 2.05) is 11.4 Å². The Labute approximate surface area is 190 Å². The number of anilines is 1. The average Bonchev–Trinajstić information content (AvgIpc) is 3.27. The molecule has 2 aliphatic rings. The van der Waals surface area contributed by atoms with Crippen LogP contribution in [0.1, 0.15) is 23.3 Å². The van der Waals surface area contributed by atoms with Crippen molar-refractivity contribution >= 4 is 38.9 Å². The number of sulfonamides is 1. The Bertz CT molecular complexity index is 1110. The molecule has 2 aromatic rings. The Morgan fingerprint density at radius 1 is 1.12 bits per heavy atom. The number of halogens is 1. The van der Waals surface area contributed by atoms with Gasteiger partial charge in [-0.15, -0.1) is 11.3 Å². The van der Waals surface area contributed by atoms with E-state index in [4.69, 9.17) is 4.74 Å². The topological polar surface area (TPSA) is 96.0 Å². The molecule has 0 atom stereocenters. The van der Waals surface area contributed by atoms with E-state index >= 15 is 0 Å². The number of morpholine rings is 1. The highest BCUT2D eigenvalue weighted by Crippen LogP contribution is 2.25. The van der Waals surface area contributed by atoms with Gasteiger partial charge in [-0.2, -0.15) is 4.31 Å². The van der Waals surface area contributed by atoms with Crippen LogP contribution in [0.5, 0.6) is 0 Å². The Morgan fingerprint density at radius 3 is 2.69 bits per heavy atom. The lowest BCUT2D eigenvalue weighted by atomic mass is 10.1. The summed E-state index contributed by atoms with van der Waals surface area (Å²) in [6, 6.07) is 5.45. The van der Waals surface area contributed by atoms with Gasteiger partial charge in [0.25, 0.3) is 0 Å². The van der Waals surface area contributed by atoms with E-state index in [1.54, 1.807) is 16.2 Å². The first kappa shape index (κ1) is 22.8. The summed E-state index contributed by atoms with van der Waals surface area (Å²) < 4.78 is 46.2. The van der Waals surface area contributed by atoms with Gasteiger partial charge < -0.3 is 15.0 Å². The van der Waals surface area contributed by atoms with Gasteiger partial charge in [0.15, 0.2) is 0 Å². The maximum absolute atomic E-state index is 14.3. The Balaban J connectivity index is 1.35. The van der Waals surface area contributed by atoms with Crippen molar-refractivity contribution in [2.45, 2.75) is 30.7 Å². The third-order valence-corrected chi connectivity index (χ3v) is 8.47. The van der Waals surface area contributed by atoms with E-state index in [0.29, 0.717) is 13.1 Å². The SMILES string of the molecule is O=C(CCC(=O)N1CCc2sccc2C1)Nc1ccc(F)c(S(=O)(=O)N2CCOCC2)c1. The number of amides is 2. The zero-order valence-corrected chi connectivity index (χ0v) is 19.0. The number of carbonyl (C=O) groups excluding carboxylic acids is 2. The van der Waals surface area contributed by atoms with Crippen molar-refractivity contribution in [2.24, 2.45) is 0 Å². The van der Waals surface area contributed by atoms with Crippen molar-refractivity contribution < 1.29 is 27.1 Å². The molecular formula is C21H24FN3O5S2. The summed E-state index contributed by atoms with van der Waals surface area (Å²) >= 11 is 1.69. The molecule has 2 aliphatic heterocycles. The minimum Gasteiger partial charge on any atom is -0.379 e. The van der Waals surface area contributed by atoms with Crippen LogP contribution in [0.4, 0.5) is 10.1 Å². The van der Waals surface area contributed by atoms with E-state index in [1.165, 1.54) is 10.9 Å². The number of hydrogen-bond acceptors (Lipinski definition) is 6. The zero-order valence-electron chi connectivity index (χ0n) is 17.4. The molecule has 3 heterocycles. The first-order chi connectivity index (χ1) is 15.3. The number of nitrogens with one attached hydrogen (secondary N) is 1. The first-order valence-electron chi connectivity index (χ1n) is 10.3. The van der Waals surface area contributed by atoms with E-state index in [-0.39, 0.29) is 50.7 Å². The van der Waals surface area contributed by atoms with Crippen molar-refractivity contribution in [3.63, 3.8) is 0 Å². The number of carbonyl (C=O) groups is 2. The van der Waals surface area contributed by atoms with E-state index in [9.17, 15) is 22.4 Å². The molecule has 1 N–H and O–H groups in total. The summed E-state index contributed by atoms with van der Waals surface area (Å²) in [5, 5.41) is 4.59. The molecule has 172 valence electrons. The van der Waals surface area contributed by atoms with Crippen molar-refractivity contribution in [1.29, 1.82) is 0 Å². The van der Waals surface area contributed by atoms with Crippen molar-refractivity contribution in [1.82, 2.24) is 9.21 Å². The van der Waals surface area contributed by atoms with Gasteiger partial charge in [-0.05, 0) is 41.6 Å². The highest BCUT2D eigenvalue weighted by atomic mass is 32.2. The lowest BCUT2D eigenvalue weighted by molar-refractivity contribution is -0.133. The van der Waals surface area contributed by atoms with Crippen LogP contribution in [0.2, 0.25) is 0 Å². The minimum atomic E-state index is -4.04. The van der Waals surface area contributed by atoms with E-state index in [0.717, 1.165) is 28.4 Å². The standard InChI is InChI=1S/C21H24FN3O5S2/c22-17-2-1-16(13-19(17)32(28,29)25-8-10-30-11-9-25)23-20(26)3-4-21(27)24-7-5-18-15(14-24)6-12-31-18/h1-2,6,12-13H,3-5,7-11,14H2,(H,23,26). The van der Waals surface area contributed by atoms with Gasteiger partial charge in [0.2, 0.25) is 21.8 Å². The van der Waals surface area contributed by atoms with Gasteiger partial charge in [-0.25, -0.2) is 12.8 Å². The number of hydrogen-bond donors (Lipinski definition) is 1. The highest BCUT2D eigenvalue weighted by molar-refractivity contribution is 7.89. The van der Waals surface area contributed by atoms with E-state index in [2.05, 4.69) is 5.32 Å². The molecule has 1 aromatic carbocycles. The molecular weight excluding hydrogens is 457 g/mol. The minimum absolute atomic E-state index is 0.0469. The molecule has 0 radical (unpaired) electrons. The second kappa shape index (κ2) is 9.65. The molecule has 11 heteroatoms. The Hall–Kier alpha value is -2.34. The molecule has 0 bridgehead atoms. The molecule has 8 nitrogen and oxygen atoms in total. The molecule has 0 aliphatic carbocycles. The van der Waals surface area contributed by atoms with Crippen LogP contribution in [-0.2, 0) is 37.3 Å². The van der Waals surface area contributed by atoms with Gasteiger partial charge in [0.1, 0.15) is 10.7 Å². The van der Waals surface area contributed by atoms with Crippen LogP contribution < -0.4 is 5.32 Å². The molecule has 4 rings (SSSR count). The van der Waals surface area contributed by atoms with Crippen LogP contribution in [0.3, 0.4) is 0 Å². The fourth-order valence-electron chi connectivity index (χ4n) is 3.77. The second-order valence-electron chi connectivity index (χ2n) is 7.64. The van der Waals surface area contributed by atoms with Crippen LogP contribution in [0.25, 0.3) is 0 Å². The first-order valence-corrected chi connectivity index (χ1v) is 12.7. The summed E-state index contributed by atoms with van der Waals surface area (Å²) in [6.07, 6.45) is 0.821. The molecule has 2 amide bonds. The third-order valence-electron chi connectivity index (χ3n) is 5.53. The van der Waals surface area contributed by atoms with Crippen LogP contribution >= 0.6 is 11.3 Å². The maximum atomic E-state index is 14.3. The lowest BCUT2D eigenvalue weighted by Gasteiger charge is -2.27. The molecule has 1 fully saturated rings. The monoisotopic (exact) mass is 481 g/mol. The van der Waals surface area contributed by atoms with Crippen LogP contribution in [0.15, 0.2) is 34.5 Å². The smallest absolute Gasteiger partial charge is 0.246 e. The second-order valence-corrected chi connectivity index (χ2v) is 10.6. The predicted octanol–water partition coefficient (Wildman–Crippen LogP) is 2.21. The van der Waals surface area contributed by atoms with Gasteiger partial charge >= 0.3 is 0 Å². The normalized spacial score (nSPS) is 17.1. The van der Waals surface area contributed by atoms with Gasteiger partial charge in [-0.3, -0.25) is 9.59 Å². The summed E-state index contributed by atoms with van der Waals surface area (Å²) in [7, 11) is -4.04. The van der Waals surface area contributed by atoms with Crippen molar-refractivity contribution in [2.75, 3.05) is 38.2 Å². The average molecular weight is 482 g/mol. The number of thiophene rings is 1.